The molecule has 0 amide bonds. The van der Waals surface area contributed by atoms with Crippen molar-refractivity contribution in [2.24, 2.45) is 0 Å². The minimum absolute atomic E-state index is 0.360. The summed E-state index contributed by atoms with van der Waals surface area (Å²) >= 11 is 5.15. The first kappa shape index (κ1) is 12.1. The zero-order chi connectivity index (χ0) is 11.8. The molecule has 2 rings (SSSR count). The van der Waals surface area contributed by atoms with Gasteiger partial charge in [-0.05, 0) is 60.3 Å². The topological polar surface area (TPSA) is 49.3 Å². The average molecular weight is 304 g/mol. The maximum Gasteiger partial charge on any atom is 0.323 e. The number of nitrogens with one attached hydrogen (secondary N) is 1. The van der Waals surface area contributed by atoms with Crippen LogP contribution in [0.15, 0.2) is 15.9 Å². The normalized spacial score (nSPS) is 30.2. The number of carboxylic acids is 1. The fraction of sp³-hybridized carbons (Fsp3) is 0.545. The van der Waals surface area contributed by atoms with Crippen LogP contribution in [0.2, 0.25) is 0 Å². The number of carbonyl (C=O) groups is 1. The number of carboxylic acid groups (broad SMARTS) is 1. The van der Waals surface area contributed by atoms with E-state index in [2.05, 4.69) is 27.3 Å². The number of thiophene rings is 1. The van der Waals surface area contributed by atoms with Crippen molar-refractivity contribution >= 4 is 33.2 Å². The van der Waals surface area contributed by atoms with Gasteiger partial charge < -0.3 is 10.4 Å². The minimum Gasteiger partial charge on any atom is -0.480 e. The highest BCUT2D eigenvalue weighted by atomic mass is 79.9. The van der Waals surface area contributed by atoms with Crippen LogP contribution in [0.3, 0.4) is 0 Å². The smallest absolute Gasteiger partial charge is 0.323 e. The van der Waals surface area contributed by atoms with Gasteiger partial charge in [-0.1, -0.05) is 0 Å². The molecule has 0 aromatic carbocycles. The van der Waals surface area contributed by atoms with Crippen molar-refractivity contribution < 1.29 is 9.90 Å². The molecule has 1 fully saturated rings. The maximum absolute atomic E-state index is 11.2. The van der Waals surface area contributed by atoms with Crippen molar-refractivity contribution in [3.63, 3.8) is 0 Å². The second-order valence-electron chi connectivity index (χ2n) is 4.40. The number of hydrogen-bond donors (Lipinski definition) is 2. The molecule has 1 aliphatic heterocycles. The van der Waals surface area contributed by atoms with Crippen LogP contribution in [0, 0.1) is 0 Å². The highest BCUT2D eigenvalue weighted by molar-refractivity contribution is 9.11. The average Bonchev–Trinajstić information content (AvgIpc) is 2.65. The fourth-order valence-corrected chi connectivity index (χ4v) is 3.70. The third-order valence-corrected chi connectivity index (χ3v) is 4.92. The summed E-state index contributed by atoms with van der Waals surface area (Å²) in [5, 5.41) is 12.3. The van der Waals surface area contributed by atoms with Crippen molar-refractivity contribution in [2.75, 3.05) is 6.54 Å². The van der Waals surface area contributed by atoms with Gasteiger partial charge in [-0.3, -0.25) is 4.79 Å². The molecule has 88 valence electrons. The molecule has 2 atom stereocenters. The van der Waals surface area contributed by atoms with E-state index >= 15 is 0 Å². The van der Waals surface area contributed by atoms with Gasteiger partial charge >= 0.3 is 5.97 Å². The van der Waals surface area contributed by atoms with Crippen molar-refractivity contribution in [3.8, 4) is 0 Å². The molecule has 16 heavy (non-hydrogen) atoms. The lowest BCUT2D eigenvalue weighted by Gasteiger charge is -2.35. The monoisotopic (exact) mass is 303 g/mol. The quantitative estimate of drug-likeness (QED) is 0.883. The molecule has 0 saturated carbocycles. The molecule has 1 saturated heterocycles. The maximum atomic E-state index is 11.2. The number of rotatable bonds is 2. The molecule has 2 heterocycles. The summed E-state index contributed by atoms with van der Waals surface area (Å²) in [6.07, 6.45) is 1.67. The van der Waals surface area contributed by atoms with Crippen LogP contribution in [-0.4, -0.2) is 23.2 Å². The van der Waals surface area contributed by atoms with E-state index < -0.39 is 11.5 Å². The summed E-state index contributed by atoms with van der Waals surface area (Å²) in [4.78, 5) is 12.5. The first-order valence-electron chi connectivity index (χ1n) is 5.25. The number of aliphatic carboxylic acids is 1. The second kappa shape index (κ2) is 4.47. The SMILES string of the molecule is CC1(C(=O)O)CC(c2ccc(Br)s2)CCN1. The van der Waals surface area contributed by atoms with Gasteiger partial charge in [0.25, 0.3) is 0 Å². The molecular weight excluding hydrogens is 290 g/mol. The molecule has 5 heteroatoms. The second-order valence-corrected chi connectivity index (χ2v) is 6.89. The van der Waals surface area contributed by atoms with E-state index in [4.69, 9.17) is 0 Å². The van der Waals surface area contributed by atoms with E-state index in [-0.39, 0.29) is 0 Å². The van der Waals surface area contributed by atoms with Crippen molar-refractivity contribution in [1.29, 1.82) is 0 Å². The van der Waals surface area contributed by atoms with E-state index in [1.165, 1.54) is 4.88 Å². The molecule has 1 aromatic heterocycles. The summed E-state index contributed by atoms with van der Waals surface area (Å²) in [5.74, 6) is -0.397. The Hall–Kier alpha value is -0.390. The van der Waals surface area contributed by atoms with Crippen LogP contribution in [-0.2, 0) is 4.79 Å². The van der Waals surface area contributed by atoms with Gasteiger partial charge in [-0.25, -0.2) is 0 Å². The van der Waals surface area contributed by atoms with E-state index in [0.717, 1.165) is 16.8 Å². The highest BCUT2D eigenvalue weighted by Gasteiger charge is 2.39. The predicted molar refractivity (Wildman–Crippen MR) is 68.0 cm³/mol. The minimum atomic E-state index is -0.778. The van der Waals surface area contributed by atoms with Gasteiger partial charge in [0.05, 0.1) is 3.79 Å². The van der Waals surface area contributed by atoms with Gasteiger partial charge in [0.2, 0.25) is 0 Å². The molecule has 0 bridgehead atoms. The lowest BCUT2D eigenvalue weighted by atomic mass is 9.82. The molecule has 1 aromatic rings. The lowest BCUT2D eigenvalue weighted by molar-refractivity contribution is -0.145. The van der Waals surface area contributed by atoms with Crippen molar-refractivity contribution in [1.82, 2.24) is 5.32 Å². The Labute approximate surface area is 107 Å². The fourth-order valence-electron chi connectivity index (χ4n) is 2.14. The molecule has 1 aliphatic rings. The predicted octanol–water partition coefficient (Wildman–Crippen LogP) is 2.82. The number of piperidine rings is 1. The first-order valence-corrected chi connectivity index (χ1v) is 6.86. The van der Waals surface area contributed by atoms with Gasteiger partial charge in [0.15, 0.2) is 0 Å². The van der Waals surface area contributed by atoms with Crippen LogP contribution < -0.4 is 5.32 Å². The van der Waals surface area contributed by atoms with Gasteiger partial charge in [-0.2, -0.15) is 0 Å². The zero-order valence-electron chi connectivity index (χ0n) is 9.00. The Morgan fingerprint density at radius 2 is 2.44 bits per heavy atom. The summed E-state index contributed by atoms with van der Waals surface area (Å²) in [5.41, 5.74) is -0.778. The molecule has 2 N–H and O–H groups in total. The molecular formula is C11H14BrNO2S. The van der Waals surface area contributed by atoms with Crippen LogP contribution >= 0.6 is 27.3 Å². The van der Waals surface area contributed by atoms with Crippen molar-refractivity contribution in [3.05, 3.63) is 20.8 Å². The van der Waals surface area contributed by atoms with Crippen molar-refractivity contribution in [2.45, 2.75) is 31.2 Å². The third kappa shape index (κ3) is 2.31. The van der Waals surface area contributed by atoms with E-state index in [0.29, 0.717) is 12.3 Å². The summed E-state index contributed by atoms with van der Waals surface area (Å²) < 4.78 is 1.11. The van der Waals surface area contributed by atoms with E-state index in [1.54, 1.807) is 18.3 Å². The third-order valence-electron chi connectivity index (χ3n) is 3.13. The standard InChI is InChI=1S/C11H14BrNO2S/c1-11(10(14)15)6-7(4-5-13-11)8-2-3-9(12)16-8/h2-3,7,13H,4-6H2,1H3,(H,14,15). The number of halogens is 1. The Balaban J connectivity index is 2.16. The molecule has 2 unspecified atom stereocenters. The Morgan fingerprint density at radius 3 is 3.00 bits per heavy atom. The summed E-state index contributed by atoms with van der Waals surface area (Å²) in [7, 11) is 0. The summed E-state index contributed by atoms with van der Waals surface area (Å²) in [6, 6.07) is 4.12. The van der Waals surface area contributed by atoms with Crippen LogP contribution in [0.5, 0.6) is 0 Å². The lowest BCUT2D eigenvalue weighted by Crippen LogP contribution is -2.53. The molecule has 3 nitrogen and oxygen atoms in total. The molecule has 0 aliphatic carbocycles. The highest BCUT2D eigenvalue weighted by Crippen LogP contribution is 2.37. The Morgan fingerprint density at radius 1 is 1.69 bits per heavy atom. The van der Waals surface area contributed by atoms with Crippen LogP contribution in [0.4, 0.5) is 0 Å². The van der Waals surface area contributed by atoms with E-state index in [9.17, 15) is 9.90 Å². The zero-order valence-corrected chi connectivity index (χ0v) is 11.4. The van der Waals surface area contributed by atoms with E-state index in [1.807, 2.05) is 6.07 Å². The molecule has 0 spiro atoms. The Bertz CT molecular complexity index is 406. The summed E-state index contributed by atoms with van der Waals surface area (Å²) in [6.45, 7) is 2.53. The first-order chi connectivity index (χ1) is 7.51. The van der Waals surface area contributed by atoms with Gasteiger partial charge in [0.1, 0.15) is 5.54 Å². The van der Waals surface area contributed by atoms with Crippen LogP contribution in [0.1, 0.15) is 30.6 Å². The van der Waals surface area contributed by atoms with Gasteiger partial charge in [-0.15, -0.1) is 11.3 Å². The van der Waals surface area contributed by atoms with Crippen LogP contribution in [0.25, 0.3) is 0 Å². The number of hydrogen-bond acceptors (Lipinski definition) is 3. The largest absolute Gasteiger partial charge is 0.480 e. The van der Waals surface area contributed by atoms with Gasteiger partial charge in [0, 0.05) is 4.88 Å². The molecule has 0 radical (unpaired) electrons. The Kier molecular flexibility index (Phi) is 3.37.